The highest BCUT2D eigenvalue weighted by molar-refractivity contribution is 5.77. The fourth-order valence-corrected chi connectivity index (χ4v) is 3.00. The van der Waals surface area contributed by atoms with Gasteiger partial charge < -0.3 is 15.0 Å². The Balaban J connectivity index is 1.87. The van der Waals surface area contributed by atoms with Crippen LogP contribution in [0.25, 0.3) is 0 Å². The molecular formula is C22H30N2O2. The van der Waals surface area contributed by atoms with E-state index in [2.05, 4.69) is 43.1 Å². The van der Waals surface area contributed by atoms with Crippen molar-refractivity contribution in [1.29, 1.82) is 0 Å². The molecule has 0 atom stereocenters. The number of hydrogen-bond acceptors (Lipinski definition) is 3. The highest BCUT2D eigenvalue weighted by Gasteiger charge is 2.08. The van der Waals surface area contributed by atoms with Gasteiger partial charge in [0.15, 0.2) is 6.61 Å². The normalized spacial score (nSPS) is 11.0. The van der Waals surface area contributed by atoms with E-state index in [9.17, 15) is 4.79 Å². The summed E-state index contributed by atoms with van der Waals surface area (Å²) in [5.41, 5.74) is 4.85. The molecule has 0 unspecified atom stereocenters. The quantitative estimate of drug-likeness (QED) is 0.782. The standard InChI is InChI=1S/C22H30N2O2/c1-16(2)21-11-10-20(12-17(21)3)26-15-22(25)23-13-18-8-6-7-9-19(18)14-24(4)5/h6-12,16H,13-15H2,1-5H3,(H,23,25). The lowest BCUT2D eigenvalue weighted by Gasteiger charge is -2.15. The zero-order chi connectivity index (χ0) is 19.1. The third-order valence-corrected chi connectivity index (χ3v) is 4.31. The van der Waals surface area contributed by atoms with Crippen LogP contribution in [0.3, 0.4) is 0 Å². The first kappa shape index (κ1) is 20.0. The summed E-state index contributed by atoms with van der Waals surface area (Å²) in [7, 11) is 4.07. The molecule has 0 radical (unpaired) electrons. The lowest BCUT2D eigenvalue weighted by Crippen LogP contribution is -2.29. The van der Waals surface area contributed by atoms with Crippen LogP contribution in [0.4, 0.5) is 0 Å². The maximum atomic E-state index is 12.1. The fourth-order valence-electron chi connectivity index (χ4n) is 3.00. The van der Waals surface area contributed by atoms with E-state index in [4.69, 9.17) is 4.74 Å². The van der Waals surface area contributed by atoms with Gasteiger partial charge in [-0.15, -0.1) is 0 Å². The Hall–Kier alpha value is -2.33. The number of carbonyl (C=O) groups excluding carboxylic acids is 1. The van der Waals surface area contributed by atoms with Crippen molar-refractivity contribution in [3.8, 4) is 5.75 Å². The molecular weight excluding hydrogens is 324 g/mol. The highest BCUT2D eigenvalue weighted by Crippen LogP contribution is 2.23. The molecule has 4 heteroatoms. The first-order chi connectivity index (χ1) is 12.4. The van der Waals surface area contributed by atoms with Gasteiger partial charge in [-0.1, -0.05) is 44.2 Å². The Bertz CT molecular complexity index is 739. The summed E-state index contributed by atoms with van der Waals surface area (Å²) in [5, 5.41) is 2.94. The number of carbonyl (C=O) groups is 1. The molecule has 0 fully saturated rings. The molecule has 0 spiro atoms. The van der Waals surface area contributed by atoms with Gasteiger partial charge in [0.25, 0.3) is 5.91 Å². The van der Waals surface area contributed by atoms with Gasteiger partial charge >= 0.3 is 0 Å². The second-order valence-electron chi connectivity index (χ2n) is 7.24. The van der Waals surface area contributed by atoms with Crippen molar-refractivity contribution in [2.24, 2.45) is 0 Å². The van der Waals surface area contributed by atoms with E-state index in [0.717, 1.165) is 17.9 Å². The number of hydrogen-bond donors (Lipinski definition) is 1. The van der Waals surface area contributed by atoms with Crippen LogP contribution < -0.4 is 10.1 Å². The predicted octanol–water partition coefficient (Wildman–Crippen LogP) is 3.88. The predicted molar refractivity (Wildman–Crippen MR) is 106 cm³/mol. The minimum absolute atomic E-state index is 0.0241. The second kappa shape index (κ2) is 9.39. The third-order valence-electron chi connectivity index (χ3n) is 4.31. The van der Waals surface area contributed by atoms with E-state index in [0.29, 0.717) is 12.5 Å². The van der Waals surface area contributed by atoms with E-state index in [1.54, 1.807) is 0 Å². The van der Waals surface area contributed by atoms with E-state index >= 15 is 0 Å². The fraction of sp³-hybridized carbons (Fsp3) is 0.409. The van der Waals surface area contributed by atoms with Gasteiger partial charge in [-0.3, -0.25) is 4.79 Å². The molecule has 0 saturated heterocycles. The number of benzene rings is 2. The van der Waals surface area contributed by atoms with E-state index < -0.39 is 0 Å². The van der Waals surface area contributed by atoms with Crippen LogP contribution in [-0.4, -0.2) is 31.5 Å². The number of amides is 1. The smallest absolute Gasteiger partial charge is 0.258 e. The summed E-state index contributed by atoms with van der Waals surface area (Å²) in [4.78, 5) is 14.3. The van der Waals surface area contributed by atoms with Crippen molar-refractivity contribution in [1.82, 2.24) is 10.2 Å². The number of nitrogens with one attached hydrogen (secondary N) is 1. The molecule has 2 aromatic rings. The average molecular weight is 354 g/mol. The van der Waals surface area contributed by atoms with Gasteiger partial charge in [0, 0.05) is 13.1 Å². The summed E-state index contributed by atoms with van der Waals surface area (Å²) < 4.78 is 5.65. The van der Waals surface area contributed by atoms with Crippen molar-refractivity contribution in [2.45, 2.75) is 39.8 Å². The molecule has 0 aliphatic heterocycles. The summed E-state index contributed by atoms with van der Waals surface area (Å²) in [6, 6.07) is 14.2. The molecule has 2 aromatic carbocycles. The first-order valence-electron chi connectivity index (χ1n) is 9.08. The molecule has 0 heterocycles. The van der Waals surface area contributed by atoms with E-state index in [1.807, 2.05) is 44.4 Å². The lowest BCUT2D eigenvalue weighted by molar-refractivity contribution is -0.123. The number of nitrogens with zero attached hydrogens (tertiary/aromatic N) is 1. The van der Waals surface area contributed by atoms with Crippen LogP contribution in [0.15, 0.2) is 42.5 Å². The average Bonchev–Trinajstić information content (AvgIpc) is 2.58. The molecule has 1 amide bonds. The van der Waals surface area contributed by atoms with Crippen molar-refractivity contribution < 1.29 is 9.53 Å². The zero-order valence-electron chi connectivity index (χ0n) is 16.5. The third kappa shape index (κ3) is 5.88. The zero-order valence-corrected chi connectivity index (χ0v) is 16.5. The summed E-state index contributed by atoms with van der Waals surface area (Å²) >= 11 is 0. The van der Waals surface area contributed by atoms with Crippen molar-refractivity contribution in [3.05, 3.63) is 64.7 Å². The van der Waals surface area contributed by atoms with Gasteiger partial charge in [-0.2, -0.15) is 0 Å². The van der Waals surface area contributed by atoms with Crippen molar-refractivity contribution >= 4 is 5.91 Å². The van der Waals surface area contributed by atoms with Gasteiger partial charge in [0.1, 0.15) is 5.75 Å². The Labute approximate surface area is 157 Å². The topological polar surface area (TPSA) is 41.6 Å². The minimum Gasteiger partial charge on any atom is -0.484 e. The Morgan fingerprint density at radius 2 is 1.81 bits per heavy atom. The number of rotatable bonds is 8. The monoisotopic (exact) mass is 354 g/mol. The van der Waals surface area contributed by atoms with E-state index in [-0.39, 0.29) is 12.5 Å². The van der Waals surface area contributed by atoms with Gasteiger partial charge in [0.05, 0.1) is 0 Å². The molecule has 140 valence electrons. The van der Waals surface area contributed by atoms with Crippen LogP contribution >= 0.6 is 0 Å². The lowest BCUT2D eigenvalue weighted by atomic mass is 9.98. The Morgan fingerprint density at radius 3 is 2.42 bits per heavy atom. The molecule has 0 bridgehead atoms. The van der Waals surface area contributed by atoms with Crippen LogP contribution in [0.5, 0.6) is 5.75 Å². The molecule has 0 aliphatic rings. The highest BCUT2D eigenvalue weighted by atomic mass is 16.5. The molecule has 0 saturated carbocycles. The molecule has 26 heavy (non-hydrogen) atoms. The maximum absolute atomic E-state index is 12.1. The van der Waals surface area contributed by atoms with Crippen LogP contribution in [0.1, 0.15) is 42.0 Å². The van der Waals surface area contributed by atoms with Crippen LogP contribution in [-0.2, 0) is 17.9 Å². The first-order valence-corrected chi connectivity index (χ1v) is 9.08. The van der Waals surface area contributed by atoms with Crippen LogP contribution in [0.2, 0.25) is 0 Å². The molecule has 1 N–H and O–H groups in total. The molecule has 0 aromatic heterocycles. The summed E-state index contributed by atoms with van der Waals surface area (Å²) in [5.74, 6) is 1.10. The SMILES string of the molecule is Cc1cc(OCC(=O)NCc2ccccc2CN(C)C)ccc1C(C)C. The molecule has 0 aliphatic carbocycles. The van der Waals surface area contributed by atoms with E-state index in [1.165, 1.54) is 16.7 Å². The summed E-state index contributed by atoms with van der Waals surface area (Å²) in [6.45, 7) is 7.80. The largest absolute Gasteiger partial charge is 0.484 e. The molecule has 4 nitrogen and oxygen atoms in total. The number of aryl methyl sites for hydroxylation is 1. The number of ether oxygens (including phenoxy) is 1. The van der Waals surface area contributed by atoms with Crippen molar-refractivity contribution in [2.75, 3.05) is 20.7 Å². The Kier molecular flexibility index (Phi) is 7.22. The van der Waals surface area contributed by atoms with Crippen LogP contribution in [0, 0.1) is 6.92 Å². The summed E-state index contributed by atoms with van der Waals surface area (Å²) in [6.07, 6.45) is 0. The molecule has 2 rings (SSSR count). The van der Waals surface area contributed by atoms with Gasteiger partial charge in [0.2, 0.25) is 0 Å². The minimum atomic E-state index is -0.116. The second-order valence-corrected chi connectivity index (χ2v) is 7.24. The van der Waals surface area contributed by atoms with Gasteiger partial charge in [-0.25, -0.2) is 0 Å². The van der Waals surface area contributed by atoms with Crippen molar-refractivity contribution in [3.63, 3.8) is 0 Å². The Morgan fingerprint density at radius 1 is 1.12 bits per heavy atom. The van der Waals surface area contributed by atoms with Gasteiger partial charge in [-0.05, 0) is 61.3 Å². The maximum Gasteiger partial charge on any atom is 0.258 e.